The van der Waals surface area contributed by atoms with Crippen molar-refractivity contribution in [3.8, 4) is 5.88 Å². The van der Waals surface area contributed by atoms with E-state index in [2.05, 4.69) is 29.4 Å². The Morgan fingerprint density at radius 1 is 1.15 bits per heavy atom. The van der Waals surface area contributed by atoms with Gasteiger partial charge in [-0.3, -0.25) is 0 Å². The van der Waals surface area contributed by atoms with Crippen LogP contribution in [0.25, 0.3) is 0 Å². The van der Waals surface area contributed by atoms with E-state index in [9.17, 15) is 0 Å². The fourth-order valence-corrected chi connectivity index (χ4v) is 3.70. The Morgan fingerprint density at radius 2 is 1.89 bits per heavy atom. The lowest BCUT2D eigenvalue weighted by Gasteiger charge is -2.22. The molecule has 1 saturated heterocycles. The number of nitrogens with zero attached hydrogens (tertiary/aromatic N) is 2. The first-order valence-corrected chi connectivity index (χ1v) is 10.4. The van der Waals surface area contributed by atoms with Crippen molar-refractivity contribution in [2.24, 2.45) is 0 Å². The molecule has 0 bridgehead atoms. The van der Waals surface area contributed by atoms with Crippen molar-refractivity contribution in [2.45, 2.75) is 30.7 Å². The van der Waals surface area contributed by atoms with Gasteiger partial charge in [-0.05, 0) is 12.0 Å². The van der Waals surface area contributed by atoms with Gasteiger partial charge in [-0.2, -0.15) is 4.98 Å². The summed E-state index contributed by atoms with van der Waals surface area (Å²) in [6.45, 7) is 4.89. The van der Waals surface area contributed by atoms with E-state index in [1.807, 2.05) is 18.2 Å². The molecule has 1 aromatic carbocycles. The van der Waals surface area contributed by atoms with E-state index >= 15 is 0 Å². The minimum atomic E-state index is -0.489. The molecule has 0 spiro atoms. The molecule has 0 radical (unpaired) electrons. The van der Waals surface area contributed by atoms with Crippen LogP contribution in [0.1, 0.15) is 24.6 Å². The topological polar surface area (TPSA) is 65.5 Å². The van der Waals surface area contributed by atoms with Gasteiger partial charge in [-0.25, -0.2) is 4.98 Å². The van der Waals surface area contributed by atoms with Crippen molar-refractivity contribution in [1.82, 2.24) is 15.3 Å². The molecule has 8 heteroatoms. The summed E-state index contributed by atoms with van der Waals surface area (Å²) in [6, 6.07) is 10.3. The maximum Gasteiger partial charge on any atom is 0.501 e. The van der Waals surface area contributed by atoms with E-state index in [1.165, 1.54) is 5.56 Å². The lowest BCUT2D eigenvalue weighted by molar-refractivity contribution is 0.186. The summed E-state index contributed by atoms with van der Waals surface area (Å²) in [5, 5.41) is 3.97. The molecular weight excluding hydrogens is 361 g/mol. The molecule has 27 heavy (non-hydrogen) atoms. The average Bonchev–Trinajstić information content (AvgIpc) is 2.67. The fourth-order valence-electron chi connectivity index (χ4n) is 2.89. The number of benzene rings is 1. The highest BCUT2D eigenvalue weighted by molar-refractivity contribution is 7.98. The summed E-state index contributed by atoms with van der Waals surface area (Å²) in [6.07, 6.45) is 1.80. The van der Waals surface area contributed by atoms with E-state index in [1.54, 1.807) is 18.9 Å². The first-order valence-electron chi connectivity index (χ1n) is 9.37. The lowest BCUT2D eigenvalue weighted by Crippen LogP contribution is -2.45. The number of hydrogen-bond donors (Lipinski definition) is 1. The predicted molar refractivity (Wildman–Crippen MR) is 109 cm³/mol. The number of hydrogen-bond acceptors (Lipinski definition) is 7. The minimum absolute atomic E-state index is 0.489. The van der Waals surface area contributed by atoms with Gasteiger partial charge in [0.05, 0.1) is 12.6 Å². The van der Waals surface area contributed by atoms with E-state index in [4.69, 9.17) is 19.0 Å². The Morgan fingerprint density at radius 3 is 2.56 bits per heavy atom. The van der Waals surface area contributed by atoms with Gasteiger partial charge in [0.25, 0.3) is 0 Å². The van der Waals surface area contributed by atoms with Gasteiger partial charge in [0, 0.05) is 37.8 Å². The second-order valence-electron chi connectivity index (χ2n) is 6.22. The van der Waals surface area contributed by atoms with Crippen molar-refractivity contribution in [3.63, 3.8) is 0 Å². The summed E-state index contributed by atoms with van der Waals surface area (Å²) < 4.78 is 17.4. The van der Waals surface area contributed by atoms with Crippen LogP contribution in [0.15, 0.2) is 35.5 Å². The van der Waals surface area contributed by atoms with Crippen molar-refractivity contribution in [1.29, 1.82) is 0 Å². The van der Waals surface area contributed by atoms with Gasteiger partial charge in [0.1, 0.15) is 0 Å². The molecule has 1 aromatic heterocycles. The quantitative estimate of drug-likeness (QED) is 0.443. The highest BCUT2D eigenvalue weighted by atomic mass is 32.2. The maximum atomic E-state index is 5.92. The van der Waals surface area contributed by atoms with Crippen molar-refractivity contribution < 1.29 is 14.0 Å². The number of nitrogens with one attached hydrogen (secondary N) is 1. The lowest BCUT2D eigenvalue weighted by atomic mass is 9.76. The molecule has 144 valence electrons. The van der Waals surface area contributed by atoms with Gasteiger partial charge in [0.2, 0.25) is 5.88 Å². The van der Waals surface area contributed by atoms with Crippen LogP contribution >= 0.6 is 11.8 Å². The molecule has 0 unspecified atom stereocenters. The SMILES string of the molecule is CCCc1nc(SCc2ccccc2)nc(OC)c1B1OCCNCCO1. The summed E-state index contributed by atoms with van der Waals surface area (Å²) in [5.41, 5.74) is 3.01. The van der Waals surface area contributed by atoms with Crippen LogP contribution in [0.4, 0.5) is 0 Å². The average molecular weight is 387 g/mol. The third-order valence-corrected chi connectivity index (χ3v) is 5.11. The number of aromatic nitrogens is 2. The van der Waals surface area contributed by atoms with Crippen LogP contribution in [0.5, 0.6) is 5.88 Å². The first kappa shape index (κ1) is 20.1. The number of rotatable bonds is 7. The summed E-state index contributed by atoms with van der Waals surface area (Å²) >= 11 is 1.61. The van der Waals surface area contributed by atoms with Gasteiger partial charge in [-0.15, -0.1) is 0 Å². The van der Waals surface area contributed by atoms with Gasteiger partial charge < -0.3 is 19.4 Å². The molecule has 2 heterocycles. The highest BCUT2D eigenvalue weighted by Gasteiger charge is 2.31. The molecule has 1 aliphatic heterocycles. The van der Waals surface area contributed by atoms with Crippen LogP contribution in [-0.4, -0.2) is 50.5 Å². The monoisotopic (exact) mass is 387 g/mol. The van der Waals surface area contributed by atoms with Gasteiger partial charge >= 0.3 is 7.12 Å². The number of methoxy groups -OCH3 is 1. The standard InChI is InChI=1S/C19H26BN3O3S/c1-3-7-16-17(20-25-12-10-21-11-13-26-20)18(24-2)23-19(22-16)27-14-15-8-5-4-6-9-15/h4-6,8-9,21H,3,7,10-14H2,1-2H3. The molecule has 1 fully saturated rings. The Balaban J connectivity index is 1.85. The second-order valence-corrected chi connectivity index (χ2v) is 7.17. The molecule has 0 aliphatic carbocycles. The largest absolute Gasteiger partial charge is 0.501 e. The molecule has 3 rings (SSSR count). The molecule has 1 N–H and O–H groups in total. The third-order valence-electron chi connectivity index (χ3n) is 4.19. The van der Waals surface area contributed by atoms with Crippen LogP contribution in [0, 0.1) is 0 Å². The van der Waals surface area contributed by atoms with Crippen LogP contribution in [0.2, 0.25) is 0 Å². The van der Waals surface area contributed by atoms with Crippen molar-refractivity contribution in [2.75, 3.05) is 33.4 Å². The van der Waals surface area contributed by atoms with Crippen molar-refractivity contribution >= 4 is 24.3 Å². The molecule has 0 saturated carbocycles. The smallest absolute Gasteiger partial charge is 0.481 e. The predicted octanol–water partition coefficient (Wildman–Crippen LogP) is 2.06. The van der Waals surface area contributed by atoms with E-state index in [-0.39, 0.29) is 0 Å². The zero-order chi connectivity index (χ0) is 18.9. The summed E-state index contributed by atoms with van der Waals surface area (Å²) in [7, 11) is 1.15. The molecule has 6 nitrogen and oxygen atoms in total. The Labute approximate surface area is 165 Å². The third kappa shape index (κ3) is 5.68. The first-order chi connectivity index (χ1) is 13.3. The second kappa shape index (κ2) is 10.7. The number of aryl methyl sites for hydroxylation is 1. The Bertz CT molecular complexity index is 713. The molecule has 0 amide bonds. The summed E-state index contributed by atoms with van der Waals surface area (Å²) in [4.78, 5) is 9.44. The normalized spacial score (nSPS) is 15.3. The zero-order valence-corrected chi connectivity index (χ0v) is 16.8. The van der Waals surface area contributed by atoms with Crippen LogP contribution in [0.3, 0.4) is 0 Å². The maximum absolute atomic E-state index is 5.92. The van der Waals surface area contributed by atoms with E-state index < -0.39 is 7.12 Å². The summed E-state index contributed by atoms with van der Waals surface area (Å²) in [5.74, 6) is 1.36. The highest BCUT2D eigenvalue weighted by Crippen LogP contribution is 2.22. The molecule has 2 aromatic rings. The minimum Gasteiger partial charge on any atom is -0.481 e. The van der Waals surface area contributed by atoms with Crippen LogP contribution < -0.4 is 15.5 Å². The Hall–Kier alpha value is -1.61. The number of thioether (sulfide) groups is 1. The number of ether oxygens (including phenoxy) is 1. The van der Waals surface area contributed by atoms with Crippen LogP contribution in [-0.2, 0) is 21.5 Å². The molecular formula is C19H26BN3O3S. The Kier molecular flexibility index (Phi) is 7.95. The van der Waals surface area contributed by atoms with Crippen molar-refractivity contribution in [3.05, 3.63) is 41.6 Å². The van der Waals surface area contributed by atoms with E-state index in [0.717, 1.165) is 48.0 Å². The molecule has 0 atom stereocenters. The van der Waals surface area contributed by atoms with Gasteiger partial charge in [-0.1, -0.05) is 55.4 Å². The molecule has 1 aliphatic rings. The van der Waals surface area contributed by atoms with Gasteiger partial charge in [0.15, 0.2) is 5.16 Å². The zero-order valence-electron chi connectivity index (χ0n) is 15.9. The fraction of sp³-hybridized carbons (Fsp3) is 0.474. The van der Waals surface area contributed by atoms with E-state index in [0.29, 0.717) is 19.1 Å².